The Morgan fingerprint density at radius 1 is 1.07 bits per heavy atom. The number of hydrogen-bond donors (Lipinski definition) is 0. The number of benzene rings is 2. The fourth-order valence-corrected chi connectivity index (χ4v) is 4.90. The number of Topliss-reactive ketones (excluding diaryl/α,β-unsaturated/α-hetero) is 1. The van der Waals surface area contributed by atoms with Crippen molar-refractivity contribution in [1.29, 1.82) is 0 Å². The van der Waals surface area contributed by atoms with Gasteiger partial charge in [0.1, 0.15) is 11.5 Å². The summed E-state index contributed by atoms with van der Waals surface area (Å²) in [6.45, 7) is 4.10. The van der Waals surface area contributed by atoms with Crippen LogP contribution in [0.15, 0.2) is 47.7 Å². The smallest absolute Gasteiger partial charge is 0.163 e. The Kier molecular flexibility index (Phi) is 4.02. The van der Waals surface area contributed by atoms with E-state index in [-0.39, 0.29) is 11.2 Å². The van der Waals surface area contributed by atoms with Gasteiger partial charge in [0.05, 0.1) is 0 Å². The van der Waals surface area contributed by atoms with Crippen molar-refractivity contribution in [3.8, 4) is 5.75 Å². The zero-order valence-electron chi connectivity index (χ0n) is 16.5. The molecule has 1 unspecified atom stereocenters. The molecule has 2 aromatic carbocycles. The van der Waals surface area contributed by atoms with Gasteiger partial charge < -0.3 is 4.74 Å². The van der Waals surface area contributed by atoms with Crippen LogP contribution in [-0.2, 0) is 11.2 Å². The number of rotatable bonds is 1. The average Bonchev–Trinajstić information content (AvgIpc) is 2.67. The summed E-state index contributed by atoms with van der Waals surface area (Å²) in [5.41, 5.74) is 4.09. The normalized spacial score (nSPS) is 21.9. The summed E-state index contributed by atoms with van der Waals surface area (Å²) >= 11 is 0. The number of carbonyl (C=O) groups is 1. The summed E-state index contributed by atoms with van der Waals surface area (Å²) in [7, 11) is 0. The van der Waals surface area contributed by atoms with Gasteiger partial charge in [-0.05, 0) is 53.1 Å². The van der Waals surface area contributed by atoms with Gasteiger partial charge >= 0.3 is 0 Å². The lowest BCUT2D eigenvalue weighted by molar-refractivity contribution is -0.118. The molecule has 1 heterocycles. The van der Waals surface area contributed by atoms with Gasteiger partial charge in [0.25, 0.3) is 0 Å². The molecule has 0 bridgehead atoms. The van der Waals surface area contributed by atoms with Crippen LogP contribution in [0.4, 0.5) is 8.78 Å². The first-order chi connectivity index (χ1) is 13.8. The summed E-state index contributed by atoms with van der Waals surface area (Å²) < 4.78 is 34.1. The van der Waals surface area contributed by atoms with Crippen molar-refractivity contribution >= 4 is 11.9 Å². The number of halogens is 2. The van der Waals surface area contributed by atoms with E-state index in [1.807, 2.05) is 6.07 Å². The number of ether oxygens (including phenoxy) is 1. The van der Waals surface area contributed by atoms with Crippen molar-refractivity contribution < 1.29 is 18.3 Å². The molecule has 148 valence electrons. The molecule has 29 heavy (non-hydrogen) atoms. The Bertz CT molecular complexity index is 1110. The van der Waals surface area contributed by atoms with E-state index < -0.39 is 17.6 Å². The van der Waals surface area contributed by atoms with Crippen molar-refractivity contribution in [2.75, 3.05) is 0 Å². The lowest BCUT2D eigenvalue weighted by Crippen LogP contribution is -2.33. The molecular formula is C25H22F2O2. The third-order valence-electron chi connectivity index (χ3n) is 6.17. The van der Waals surface area contributed by atoms with Gasteiger partial charge in [0, 0.05) is 29.9 Å². The Morgan fingerprint density at radius 3 is 2.69 bits per heavy atom. The minimum Gasteiger partial charge on any atom is -0.461 e. The second kappa shape index (κ2) is 6.38. The van der Waals surface area contributed by atoms with Gasteiger partial charge in [-0.3, -0.25) is 4.79 Å². The largest absolute Gasteiger partial charge is 0.461 e. The monoisotopic (exact) mass is 392 g/mol. The lowest BCUT2D eigenvalue weighted by atomic mass is 9.69. The van der Waals surface area contributed by atoms with Gasteiger partial charge in [0.2, 0.25) is 0 Å². The van der Waals surface area contributed by atoms with E-state index in [2.05, 4.69) is 32.1 Å². The summed E-state index contributed by atoms with van der Waals surface area (Å²) in [6, 6.07) is 7.97. The van der Waals surface area contributed by atoms with Crippen molar-refractivity contribution in [2.45, 2.75) is 45.4 Å². The SMILES string of the molecule is CC1(C)CC(=O)C2=C(C1)Oc1ccc3c(c1C2c1ccc(F)c(F)c1)C=CCC3. The van der Waals surface area contributed by atoms with Crippen LogP contribution in [0.3, 0.4) is 0 Å². The highest BCUT2D eigenvalue weighted by Gasteiger charge is 2.43. The molecule has 3 aliphatic rings. The summed E-state index contributed by atoms with van der Waals surface area (Å²) in [6.07, 6.45) is 7.10. The topological polar surface area (TPSA) is 26.3 Å². The molecule has 0 aromatic heterocycles. The minimum atomic E-state index is -0.901. The van der Waals surface area contributed by atoms with E-state index in [1.165, 1.54) is 11.6 Å². The van der Waals surface area contributed by atoms with Gasteiger partial charge in [-0.2, -0.15) is 0 Å². The maximum atomic E-state index is 14.2. The van der Waals surface area contributed by atoms with E-state index in [0.717, 1.165) is 30.0 Å². The molecular weight excluding hydrogens is 370 g/mol. The quantitative estimate of drug-likeness (QED) is 0.587. The van der Waals surface area contributed by atoms with E-state index >= 15 is 0 Å². The van der Waals surface area contributed by atoms with Crippen molar-refractivity contribution in [1.82, 2.24) is 0 Å². The number of hydrogen-bond acceptors (Lipinski definition) is 2. The molecule has 5 rings (SSSR count). The molecule has 0 amide bonds. The molecule has 0 fully saturated rings. The Hall–Kier alpha value is -2.75. The molecule has 2 aromatic rings. The van der Waals surface area contributed by atoms with Crippen molar-refractivity contribution in [3.05, 3.63) is 81.6 Å². The van der Waals surface area contributed by atoms with Gasteiger partial charge in [-0.15, -0.1) is 0 Å². The third-order valence-corrected chi connectivity index (χ3v) is 6.17. The van der Waals surface area contributed by atoms with Crippen LogP contribution in [0, 0.1) is 17.0 Å². The first kappa shape index (κ1) is 18.3. The fourth-order valence-electron chi connectivity index (χ4n) is 4.90. The van der Waals surface area contributed by atoms with E-state index in [4.69, 9.17) is 4.74 Å². The molecule has 0 spiro atoms. The maximum Gasteiger partial charge on any atom is 0.163 e. The first-order valence-corrected chi connectivity index (χ1v) is 10.1. The predicted molar refractivity (Wildman–Crippen MR) is 108 cm³/mol. The zero-order valence-corrected chi connectivity index (χ0v) is 16.5. The summed E-state index contributed by atoms with van der Waals surface area (Å²) in [5.74, 6) is -0.857. The van der Waals surface area contributed by atoms with Crippen molar-refractivity contribution in [2.24, 2.45) is 5.41 Å². The van der Waals surface area contributed by atoms with Gasteiger partial charge in [0.15, 0.2) is 17.4 Å². The number of fused-ring (bicyclic) bond motifs is 3. The van der Waals surface area contributed by atoms with Crippen molar-refractivity contribution in [3.63, 3.8) is 0 Å². The lowest BCUT2D eigenvalue weighted by Gasteiger charge is -2.39. The highest BCUT2D eigenvalue weighted by atomic mass is 19.2. The first-order valence-electron chi connectivity index (χ1n) is 10.1. The highest BCUT2D eigenvalue weighted by Crippen LogP contribution is 2.52. The molecule has 1 aliphatic heterocycles. The number of allylic oxidation sites excluding steroid dienone is 3. The van der Waals surface area contributed by atoms with E-state index in [1.54, 1.807) is 6.07 Å². The molecule has 0 saturated carbocycles. The third kappa shape index (κ3) is 2.93. The van der Waals surface area contributed by atoms with Crippen LogP contribution >= 0.6 is 0 Å². The Labute approximate surface area is 168 Å². The second-order valence-electron chi connectivity index (χ2n) is 8.98. The number of carbonyl (C=O) groups excluding carboxylic acids is 1. The fraction of sp³-hybridized carbons (Fsp3) is 0.320. The molecule has 0 saturated heterocycles. The Morgan fingerprint density at radius 2 is 1.90 bits per heavy atom. The second-order valence-corrected chi connectivity index (χ2v) is 8.98. The summed E-state index contributed by atoms with van der Waals surface area (Å²) in [5, 5.41) is 0. The molecule has 2 nitrogen and oxygen atoms in total. The molecule has 1 atom stereocenters. The average molecular weight is 392 g/mol. The van der Waals surface area contributed by atoms with Crippen LogP contribution < -0.4 is 4.74 Å². The Balaban J connectivity index is 1.79. The number of aryl methyl sites for hydroxylation is 1. The van der Waals surface area contributed by atoms with Crippen LogP contribution in [0.5, 0.6) is 5.75 Å². The summed E-state index contributed by atoms with van der Waals surface area (Å²) in [4.78, 5) is 13.2. The maximum absolute atomic E-state index is 14.2. The molecule has 0 radical (unpaired) electrons. The predicted octanol–water partition coefficient (Wildman–Crippen LogP) is 6.09. The van der Waals surface area contributed by atoms with E-state index in [9.17, 15) is 13.6 Å². The van der Waals surface area contributed by atoms with Crippen LogP contribution in [0.25, 0.3) is 6.08 Å². The molecule has 0 N–H and O–H groups in total. The van der Waals surface area contributed by atoms with Gasteiger partial charge in [-0.1, -0.05) is 38.1 Å². The van der Waals surface area contributed by atoms with E-state index in [0.29, 0.717) is 35.5 Å². The van der Waals surface area contributed by atoms with Crippen LogP contribution in [-0.4, -0.2) is 5.78 Å². The van der Waals surface area contributed by atoms with Crippen LogP contribution in [0.2, 0.25) is 0 Å². The number of ketones is 1. The minimum absolute atomic E-state index is 0.0222. The standard InChI is InChI=1S/C25H22F2O2/c1-25(2)12-19(28)24-21(13-25)29-20-10-8-14-5-3-4-6-16(14)23(20)22(24)15-7-9-17(26)18(27)11-15/h4,6-11,22H,3,5,12-13H2,1-2H3. The van der Waals surface area contributed by atoms with Gasteiger partial charge in [-0.25, -0.2) is 8.78 Å². The zero-order chi connectivity index (χ0) is 20.3. The van der Waals surface area contributed by atoms with Crippen LogP contribution in [0.1, 0.15) is 61.3 Å². The molecule has 4 heteroatoms. The molecule has 2 aliphatic carbocycles. The highest BCUT2D eigenvalue weighted by molar-refractivity contribution is 6.00.